The normalized spacial score (nSPS) is 10.3. The van der Waals surface area contributed by atoms with Crippen LogP contribution < -0.4 is 4.74 Å². The van der Waals surface area contributed by atoms with Gasteiger partial charge in [0.15, 0.2) is 0 Å². The molecule has 0 spiro atoms. The molecule has 0 aliphatic carbocycles. The first kappa shape index (κ1) is 11.8. The number of halogens is 1. The van der Waals surface area contributed by atoms with Crippen molar-refractivity contribution in [3.8, 4) is 5.75 Å². The molecule has 2 aromatic rings. The molecule has 0 fully saturated rings. The van der Waals surface area contributed by atoms with Gasteiger partial charge in [-0.2, -0.15) is 0 Å². The van der Waals surface area contributed by atoms with Crippen molar-refractivity contribution in [1.82, 2.24) is 0 Å². The summed E-state index contributed by atoms with van der Waals surface area (Å²) in [5, 5.41) is 1.75. The second-order valence-corrected chi connectivity index (χ2v) is 4.55. The van der Waals surface area contributed by atoms with Crippen molar-refractivity contribution in [3.05, 3.63) is 51.5 Å². The third kappa shape index (κ3) is 2.36. The summed E-state index contributed by atoms with van der Waals surface area (Å²) >= 11 is 1.29. The Morgan fingerprint density at radius 1 is 1.35 bits per heavy atom. The molecule has 0 amide bonds. The predicted octanol–water partition coefficient (Wildman–Crippen LogP) is 3.44. The van der Waals surface area contributed by atoms with Gasteiger partial charge in [-0.3, -0.25) is 4.79 Å². The highest BCUT2D eigenvalue weighted by molar-refractivity contribution is 7.12. The van der Waals surface area contributed by atoms with Crippen LogP contribution in [0.5, 0.6) is 5.75 Å². The third-order valence-electron chi connectivity index (χ3n) is 2.48. The van der Waals surface area contributed by atoms with Crippen LogP contribution in [0, 0.1) is 12.7 Å². The van der Waals surface area contributed by atoms with E-state index in [1.165, 1.54) is 23.5 Å². The average molecular weight is 250 g/mol. The van der Waals surface area contributed by atoms with Crippen LogP contribution in [0.3, 0.4) is 0 Å². The molecule has 0 saturated heterocycles. The zero-order chi connectivity index (χ0) is 12.4. The molecule has 0 atom stereocenters. The molecule has 17 heavy (non-hydrogen) atoms. The van der Waals surface area contributed by atoms with Crippen LogP contribution in [-0.2, 0) is 0 Å². The van der Waals surface area contributed by atoms with Gasteiger partial charge in [-0.25, -0.2) is 4.39 Å². The van der Waals surface area contributed by atoms with Gasteiger partial charge < -0.3 is 4.74 Å². The van der Waals surface area contributed by atoms with Crippen LogP contribution in [-0.4, -0.2) is 12.9 Å². The fourth-order valence-electron chi connectivity index (χ4n) is 1.52. The van der Waals surface area contributed by atoms with E-state index >= 15 is 0 Å². The van der Waals surface area contributed by atoms with E-state index in [-0.39, 0.29) is 5.78 Å². The molecule has 0 aliphatic rings. The zero-order valence-corrected chi connectivity index (χ0v) is 10.3. The lowest BCUT2D eigenvalue weighted by Crippen LogP contribution is -2.02. The molecule has 88 valence electrons. The fraction of sp³-hybridized carbons (Fsp3) is 0.154. The monoisotopic (exact) mass is 250 g/mol. The first-order valence-electron chi connectivity index (χ1n) is 5.05. The van der Waals surface area contributed by atoms with Gasteiger partial charge in [-0.15, -0.1) is 11.3 Å². The van der Waals surface area contributed by atoms with Crippen molar-refractivity contribution in [1.29, 1.82) is 0 Å². The Morgan fingerprint density at radius 2 is 2.12 bits per heavy atom. The number of hydrogen-bond acceptors (Lipinski definition) is 3. The van der Waals surface area contributed by atoms with Gasteiger partial charge in [0.25, 0.3) is 0 Å². The van der Waals surface area contributed by atoms with E-state index in [2.05, 4.69) is 0 Å². The average Bonchev–Trinajstić information content (AvgIpc) is 2.80. The summed E-state index contributed by atoms with van der Waals surface area (Å²) in [7, 11) is 1.55. The first-order chi connectivity index (χ1) is 8.11. The Labute approximate surface area is 103 Å². The van der Waals surface area contributed by atoms with Crippen LogP contribution in [0.2, 0.25) is 0 Å². The molecule has 0 N–H and O–H groups in total. The predicted molar refractivity (Wildman–Crippen MR) is 65.4 cm³/mol. The number of carbonyl (C=O) groups is 1. The highest BCUT2D eigenvalue weighted by Gasteiger charge is 2.15. The van der Waals surface area contributed by atoms with E-state index in [0.29, 0.717) is 16.2 Å². The fourth-order valence-corrected chi connectivity index (χ4v) is 2.33. The Balaban J connectivity index is 2.39. The summed E-state index contributed by atoms with van der Waals surface area (Å²) in [6, 6.07) is 5.88. The number of hydrogen-bond donors (Lipinski definition) is 0. The van der Waals surface area contributed by atoms with Crippen LogP contribution in [0.4, 0.5) is 4.39 Å². The summed E-state index contributed by atoms with van der Waals surface area (Å²) in [6.07, 6.45) is 0. The van der Waals surface area contributed by atoms with Gasteiger partial charge in [0.1, 0.15) is 11.6 Å². The second-order valence-electron chi connectivity index (χ2n) is 3.64. The molecule has 0 radical (unpaired) electrons. The van der Waals surface area contributed by atoms with Gasteiger partial charge >= 0.3 is 0 Å². The third-order valence-corrected chi connectivity index (χ3v) is 3.39. The van der Waals surface area contributed by atoms with Crippen LogP contribution >= 0.6 is 11.3 Å². The SMILES string of the molecule is COc1csc(C(=O)c2cc(F)ccc2C)c1. The lowest BCUT2D eigenvalue weighted by atomic mass is 10.0. The molecule has 0 aliphatic heterocycles. The number of ether oxygens (including phenoxy) is 1. The van der Waals surface area contributed by atoms with E-state index in [4.69, 9.17) is 4.74 Å². The van der Waals surface area contributed by atoms with Gasteiger partial charge in [0, 0.05) is 17.0 Å². The zero-order valence-electron chi connectivity index (χ0n) is 9.49. The summed E-state index contributed by atoms with van der Waals surface area (Å²) in [5.41, 5.74) is 1.17. The molecule has 2 rings (SSSR count). The van der Waals surface area contributed by atoms with Gasteiger partial charge in [0.2, 0.25) is 5.78 Å². The van der Waals surface area contributed by atoms with Crippen LogP contribution in [0.1, 0.15) is 20.8 Å². The molecular formula is C13H11FO2S. The van der Waals surface area contributed by atoms with Crippen molar-refractivity contribution in [2.75, 3.05) is 7.11 Å². The lowest BCUT2D eigenvalue weighted by Gasteiger charge is -2.02. The minimum atomic E-state index is -0.400. The van der Waals surface area contributed by atoms with Gasteiger partial charge in [-0.1, -0.05) is 6.07 Å². The number of benzene rings is 1. The number of aryl methyl sites for hydroxylation is 1. The number of rotatable bonds is 3. The topological polar surface area (TPSA) is 26.3 Å². The molecule has 1 aromatic heterocycles. The molecule has 0 unspecified atom stereocenters. The number of methoxy groups -OCH3 is 1. The van der Waals surface area contributed by atoms with Crippen molar-refractivity contribution >= 4 is 17.1 Å². The maximum atomic E-state index is 13.1. The summed E-state index contributed by atoms with van der Waals surface area (Å²) in [6.45, 7) is 1.79. The highest BCUT2D eigenvalue weighted by Crippen LogP contribution is 2.25. The van der Waals surface area contributed by atoms with E-state index in [0.717, 1.165) is 5.56 Å². The van der Waals surface area contributed by atoms with E-state index in [1.54, 1.807) is 31.5 Å². The highest BCUT2D eigenvalue weighted by atomic mass is 32.1. The quantitative estimate of drug-likeness (QED) is 0.780. The minimum Gasteiger partial charge on any atom is -0.496 e. The van der Waals surface area contributed by atoms with E-state index in [1.807, 2.05) is 0 Å². The second kappa shape index (κ2) is 4.67. The Hall–Kier alpha value is -1.68. The van der Waals surface area contributed by atoms with Crippen LogP contribution in [0.15, 0.2) is 29.6 Å². The van der Waals surface area contributed by atoms with Gasteiger partial charge in [0.05, 0.1) is 12.0 Å². The van der Waals surface area contributed by atoms with Crippen molar-refractivity contribution < 1.29 is 13.9 Å². The number of ketones is 1. The molecule has 2 nitrogen and oxygen atoms in total. The molecule has 4 heteroatoms. The molecule has 1 aromatic carbocycles. The summed E-state index contributed by atoms with van der Waals surface area (Å²) in [5.74, 6) is 0.0742. The maximum Gasteiger partial charge on any atom is 0.203 e. The minimum absolute atomic E-state index is 0.171. The Kier molecular flexibility index (Phi) is 3.24. The van der Waals surface area contributed by atoms with Crippen molar-refractivity contribution in [2.24, 2.45) is 0 Å². The molecule has 0 bridgehead atoms. The molecule has 0 saturated carbocycles. The van der Waals surface area contributed by atoms with Crippen molar-refractivity contribution in [2.45, 2.75) is 6.92 Å². The van der Waals surface area contributed by atoms with Crippen LogP contribution in [0.25, 0.3) is 0 Å². The maximum absolute atomic E-state index is 13.1. The Morgan fingerprint density at radius 3 is 2.76 bits per heavy atom. The van der Waals surface area contributed by atoms with E-state index < -0.39 is 5.82 Å². The largest absolute Gasteiger partial charge is 0.496 e. The number of thiophene rings is 1. The Bertz CT molecular complexity index is 560. The number of carbonyl (C=O) groups excluding carboxylic acids is 1. The lowest BCUT2D eigenvalue weighted by molar-refractivity contribution is 0.104. The van der Waals surface area contributed by atoms with E-state index in [9.17, 15) is 9.18 Å². The van der Waals surface area contributed by atoms with Gasteiger partial charge in [-0.05, 0) is 24.6 Å². The molecule has 1 heterocycles. The first-order valence-corrected chi connectivity index (χ1v) is 5.93. The summed E-state index contributed by atoms with van der Waals surface area (Å²) in [4.78, 5) is 12.7. The standard InChI is InChI=1S/C13H11FO2S/c1-8-3-4-9(14)5-11(8)13(15)12-6-10(16-2)7-17-12/h3-7H,1-2H3. The van der Waals surface area contributed by atoms with Crippen molar-refractivity contribution in [3.63, 3.8) is 0 Å². The molecular weight excluding hydrogens is 239 g/mol. The summed E-state index contributed by atoms with van der Waals surface area (Å²) < 4.78 is 18.1. The smallest absolute Gasteiger partial charge is 0.203 e.